The van der Waals surface area contributed by atoms with Crippen molar-refractivity contribution in [3.63, 3.8) is 0 Å². The number of rotatable bonds is 7. The Morgan fingerprint density at radius 3 is 2.80 bits per heavy atom. The molecule has 0 aliphatic rings. The van der Waals surface area contributed by atoms with Crippen LogP contribution in [0.5, 0.6) is 0 Å². The fraction of sp³-hybridized carbons (Fsp3) is 0.0556. The molecule has 152 valence electrons. The molecule has 3 heterocycles. The Labute approximate surface area is 182 Å². The van der Waals surface area contributed by atoms with Gasteiger partial charge in [0.1, 0.15) is 0 Å². The van der Waals surface area contributed by atoms with Crippen molar-refractivity contribution >= 4 is 57.3 Å². The second-order valence-corrected chi connectivity index (χ2v) is 8.36. The van der Waals surface area contributed by atoms with Gasteiger partial charge in [0, 0.05) is 16.8 Å². The van der Waals surface area contributed by atoms with Crippen molar-refractivity contribution in [3.05, 3.63) is 59.4 Å². The summed E-state index contributed by atoms with van der Waals surface area (Å²) in [6.07, 6.45) is 1.49. The average molecular weight is 462 g/mol. The number of nitrogens with one attached hydrogen (secondary N) is 2. The van der Waals surface area contributed by atoms with E-state index in [9.17, 15) is 9.59 Å². The topological polar surface area (TPSA) is 123 Å². The predicted octanol–water partition coefficient (Wildman–Crippen LogP) is 4.42. The minimum absolute atomic E-state index is 0.0757. The summed E-state index contributed by atoms with van der Waals surface area (Å²) < 4.78 is 10.8. The van der Waals surface area contributed by atoms with Gasteiger partial charge in [0.05, 0.1) is 12.0 Å². The molecule has 30 heavy (non-hydrogen) atoms. The van der Waals surface area contributed by atoms with Gasteiger partial charge in [-0.1, -0.05) is 45.9 Å². The highest BCUT2D eigenvalue weighted by molar-refractivity contribution is 8.01. The summed E-state index contributed by atoms with van der Waals surface area (Å²) in [6, 6.07) is 11.7. The van der Waals surface area contributed by atoms with E-state index in [4.69, 9.17) is 20.5 Å². The molecule has 3 aromatic heterocycles. The fourth-order valence-corrected chi connectivity index (χ4v) is 4.02. The summed E-state index contributed by atoms with van der Waals surface area (Å²) in [4.78, 5) is 24.3. The normalized spacial score (nSPS) is 10.7. The molecule has 0 spiro atoms. The monoisotopic (exact) mass is 461 g/mol. The highest BCUT2D eigenvalue weighted by Gasteiger charge is 2.17. The van der Waals surface area contributed by atoms with Gasteiger partial charge >= 0.3 is 0 Å². The molecule has 0 unspecified atom stereocenters. The zero-order valence-electron chi connectivity index (χ0n) is 15.0. The van der Waals surface area contributed by atoms with Gasteiger partial charge < -0.3 is 14.3 Å². The quantitative estimate of drug-likeness (QED) is 0.306. The zero-order chi connectivity index (χ0) is 20.9. The molecular formula is C18H12ClN5O4S2. The maximum Gasteiger partial charge on any atom is 0.279 e. The molecular weight excluding hydrogens is 450 g/mol. The first kappa shape index (κ1) is 20.1. The summed E-state index contributed by atoms with van der Waals surface area (Å²) in [6.45, 7) is 0. The summed E-state index contributed by atoms with van der Waals surface area (Å²) in [5.41, 5.74) is 0.687. The van der Waals surface area contributed by atoms with Gasteiger partial charge in [-0.3, -0.25) is 14.9 Å². The number of anilines is 2. The molecule has 1 aromatic carbocycles. The van der Waals surface area contributed by atoms with Gasteiger partial charge in [-0.05, 0) is 30.3 Å². The molecule has 0 aliphatic carbocycles. The lowest BCUT2D eigenvalue weighted by molar-refractivity contribution is -0.113. The molecule has 0 fully saturated rings. The highest BCUT2D eigenvalue weighted by Crippen LogP contribution is 2.27. The van der Waals surface area contributed by atoms with Crippen molar-refractivity contribution in [1.29, 1.82) is 0 Å². The van der Waals surface area contributed by atoms with Crippen molar-refractivity contribution in [2.45, 2.75) is 4.34 Å². The van der Waals surface area contributed by atoms with Crippen LogP contribution < -0.4 is 10.6 Å². The number of hydrogen-bond donors (Lipinski definition) is 2. The van der Waals surface area contributed by atoms with E-state index in [1.807, 2.05) is 0 Å². The van der Waals surface area contributed by atoms with E-state index in [1.165, 1.54) is 24.1 Å². The molecule has 0 bridgehead atoms. The number of hydrogen-bond acceptors (Lipinski definition) is 9. The van der Waals surface area contributed by atoms with Gasteiger partial charge in [0.15, 0.2) is 15.8 Å². The van der Waals surface area contributed by atoms with Gasteiger partial charge in [-0.25, -0.2) is 0 Å². The first-order chi connectivity index (χ1) is 14.6. The smallest absolute Gasteiger partial charge is 0.279 e. The fourth-order valence-electron chi connectivity index (χ4n) is 2.29. The lowest BCUT2D eigenvalue weighted by Crippen LogP contribution is -2.13. The summed E-state index contributed by atoms with van der Waals surface area (Å²) in [5, 5.41) is 17.7. The third-order valence-electron chi connectivity index (χ3n) is 3.57. The standard InChI is InChI=1S/C18H12ClN5O4S2/c19-10-3-1-4-11(7-10)20-15(25)9-29-18-23-22-17(30-18)21-16(26)12-8-14(28-24-12)13-5-2-6-27-13/h1-8H,9H2,(H,20,25)(H,21,22,26). The van der Waals surface area contributed by atoms with Crippen LogP contribution in [0.25, 0.3) is 11.5 Å². The third kappa shape index (κ3) is 5.06. The van der Waals surface area contributed by atoms with E-state index in [0.29, 0.717) is 26.6 Å². The largest absolute Gasteiger partial charge is 0.461 e. The van der Waals surface area contributed by atoms with Gasteiger partial charge in [0.2, 0.25) is 16.8 Å². The minimum atomic E-state index is -0.497. The number of carbonyl (C=O) groups is 2. The number of thioether (sulfide) groups is 1. The molecule has 4 aromatic rings. The van der Waals surface area contributed by atoms with Crippen LogP contribution in [-0.4, -0.2) is 32.9 Å². The van der Waals surface area contributed by atoms with Crippen LogP contribution >= 0.6 is 34.7 Å². The van der Waals surface area contributed by atoms with Gasteiger partial charge in [-0.15, -0.1) is 10.2 Å². The van der Waals surface area contributed by atoms with E-state index < -0.39 is 5.91 Å². The van der Waals surface area contributed by atoms with Crippen molar-refractivity contribution in [2.24, 2.45) is 0 Å². The van der Waals surface area contributed by atoms with E-state index in [0.717, 1.165) is 11.3 Å². The Morgan fingerprint density at radius 2 is 2.00 bits per heavy atom. The van der Waals surface area contributed by atoms with Crippen LogP contribution in [0.3, 0.4) is 0 Å². The molecule has 12 heteroatoms. The number of aromatic nitrogens is 3. The van der Waals surface area contributed by atoms with Crippen LogP contribution in [0.15, 0.2) is 62.0 Å². The minimum Gasteiger partial charge on any atom is -0.461 e. The number of carbonyl (C=O) groups excluding carboxylic acids is 2. The van der Waals surface area contributed by atoms with Crippen LogP contribution in [-0.2, 0) is 4.79 Å². The van der Waals surface area contributed by atoms with E-state index in [-0.39, 0.29) is 22.5 Å². The Bertz CT molecular complexity index is 1170. The Kier molecular flexibility index (Phi) is 6.12. The van der Waals surface area contributed by atoms with Crippen molar-refractivity contribution < 1.29 is 18.5 Å². The number of amides is 2. The molecule has 2 amide bonds. The van der Waals surface area contributed by atoms with E-state index in [2.05, 4.69) is 26.0 Å². The van der Waals surface area contributed by atoms with E-state index >= 15 is 0 Å². The van der Waals surface area contributed by atoms with Crippen molar-refractivity contribution in [1.82, 2.24) is 15.4 Å². The number of nitrogens with zero attached hydrogens (tertiary/aromatic N) is 3. The lowest BCUT2D eigenvalue weighted by Gasteiger charge is -2.04. The zero-order valence-corrected chi connectivity index (χ0v) is 17.4. The summed E-state index contributed by atoms with van der Waals surface area (Å²) >= 11 is 8.24. The van der Waals surface area contributed by atoms with Gasteiger partial charge in [0.25, 0.3) is 5.91 Å². The number of benzene rings is 1. The highest BCUT2D eigenvalue weighted by atomic mass is 35.5. The van der Waals surface area contributed by atoms with Crippen LogP contribution in [0.2, 0.25) is 5.02 Å². The van der Waals surface area contributed by atoms with Crippen LogP contribution in [0.1, 0.15) is 10.5 Å². The van der Waals surface area contributed by atoms with Crippen LogP contribution in [0, 0.1) is 0 Å². The van der Waals surface area contributed by atoms with Crippen LogP contribution in [0.4, 0.5) is 10.8 Å². The molecule has 0 aliphatic heterocycles. The number of halogens is 1. The molecule has 0 saturated heterocycles. The van der Waals surface area contributed by atoms with E-state index in [1.54, 1.807) is 36.4 Å². The predicted molar refractivity (Wildman–Crippen MR) is 113 cm³/mol. The lowest BCUT2D eigenvalue weighted by atomic mass is 10.3. The second kappa shape index (κ2) is 9.11. The first-order valence-corrected chi connectivity index (χ1v) is 10.6. The maximum absolute atomic E-state index is 12.3. The first-order valence-electron chi connectivity index (χ1n) is 8.40. The Hall–Kier alpha value is -3.15. The SMILES string of the molecule is O=C(CSc1nnc(NC(=O)c2cc(-c3ccco3)on2)s1)Nc1cccc(Cl)c1. The Balaban J connectivity index is 1.29. The third-order valence-corrected chi connectivity index (χ3v) is 5.78. The molecule has 2 N–H and O–H groups in total. The maximum atomic E-state index is 12.3. The molecule has 0 radical (unpaired) electrons. The average Bonchev–Trinajstić information content (AvgIpc) is 3.47. The number of furan rings is 1. The van der Waals surface area contributed by atoms with Crippen molar-refractivity contribution in [3.8, 4) is 11.5 Å². The van der Waals surface area contributed by atoms with Gasteiger partial charge in [-0.2, -0.15) is 0 Å². The molecule has 4 rings (SSSR count). The summed E-state index contributed by atoms with van der Waals surface area (Å²) in [5.74, 6) is 0.223. The molecule has 0 saturated carbocycles. The molecule has 0 atom stereocenters. The Morgan fingerprint density at radius 1 is 1.10 bits per heavy atom. The van der Waals surface area contributed by atoms with Crippen molar-refractivity contribution in [2.75, 3.05) is 16.4 Å². The summed E-state index contributed by atoms with van der Waals surface area (Å²) in [7, 11) is 0. The molecule has 9 nitrogen and oxygen atoms in total. The second-order valence-electron chi connectivity index (χ2n) is 5.73.